The lowest BCUT2D eigenvalue weighted by atomic mass is 9.97. The van der Waals surface area contributed by atoms with Gasteiger partial charge in [-0.3, -0.25) is 15.0 Å². The van der Waals surface area contributed by atoms with Crippen LogP contribution in [0.2, 0.25) is 0 Å². The summed E-state index contributed by atoms with van der Waals surface area (Å²) in [4.78, 5) is 28.5. The number of benzene rings is 1. The maximum Gasteiger partial charge on any atom is 0.321 e. The molecule has 0 atom stereocenters. The highest BCUT2D eigenvalue weighted by Gasteiger charge is 2.21. The number of carbonyl (C=O) groups excluding carboxylic acids is 2. The second-order valence-electron chi connectivity index (χ2n) is 7.60. The molecule has 0 radical (unpaired) electrons. The zero-order valence-corrected chi connectivity index (χ0v) is 17.3. The van der Waals surface area contributed by atoms with E-state index in [1.807, 2.05) is 18.2 Å². The van der Waals surface area contributed by atoms with Crippen LogP contribution in [-0.4, -0.2) is 63.2 Å². The van der Waals surface area contributed by atoms with Crippen molar-refractivity contribution >= 4 is 17.6 Å². The van der Waals surface area contributed by atoms with Crippen molar-refractivity contribution in [1.82, 2.24) is 15.5 Å². The van der Waals surface area contributed by atoms with Crippen LogP contribution in [0.3, 0.4) is 0 Å². The Hall–Kier alpha value is -2.54. The van der Waals surface area contributed by atoms with E-state index >= 15 is 0 Å². The summed E-state index contributed by atoms with van der Waals surface area (Å²) in [6.45, 7) is 3.97. The quantitative estimate of drug-likeness (QED) is 0.688. The van der Waals surface area contributed by atoms with Gasteiger partial charge >= 0.3 is 6.03 Å². The number of ether oxygens (including phenoxy) is 1. The Labute approximate surface area is 173 Å². The van der Waals surface area contributed by atoms with Crippen LogP contribution < -0.4 is 20.3 Å². The number of nitrogens with zero attached hydrogens (tertiary/aromatic N) is 2. The molecule has 0 saturated carbocycles. The second-order valence-corrected chi connectivity index (χ2v) is 7.60. The molecule has 2 aliphatic rings. The topological polar surface area (TPSA) is 73.9 Å². The summed E-state index contributed by atoms with van der Waals surface area (Å²) in [6.07, 6.45) is 7.92. The van der Waals surface area contributed by atoms with Crippen molar-refractivity contribution in [2.24, 2.45) is 0 Å². The van der Waals surface area contributed by atoms with Gasteiger partial charge in [0.15, 0.2) is 0 Å². The molecule has 29 heavy (non-hydrogen) atoms. The van der Waals surface area contributed by atoms with Gasteiger partial charge in [0.2, 0.25) is 5.91 Å². The number of methoxy groups -OCH3 is 1. The fraction of sp³-hybridized carbons (Fsp3) is 0.545. The van der Waals surface area contributed by atoms with Crippen molar-refractivity contribution in [3.8, 4) is 5.75 Å². The molecule has 1 aliphatic heterocycles. The number of hydrogen-bond donors (Lipinski definition) is 2. The first-order valence-electron chi connectivity index (χ1n) is 10.5. The largest absolute Gasteiger partial charge is 0.495 e. The molecular formula is C22H32N4O3. The molecule has 0 spiro atoms. The van der Waals surface area contributed by atoms with Gasteiger partial charge in [-0.2, -0.15) is 0 Å². The summed E-state index contributed by atoms with van der Waals surface area (Å²) in [5.74, 6) is 0.601. The van der Waals surface area contributed by atoms with Crippen LogP contribution in [0.4, 0.5) is 10.5 Å². The SMILES string of the molecule is COc1ccccc1N1CCN(CC(=O)NC(=O)NCCC2=CCCCC2)CC1. The van der Waals surface area contributed by atoms with Crippen molar-refractivity contribution < 1.29 is 14.3 Å². The predicted molar refractivity (Wildman–Crippen MR) is 114 cm³/mol. The molecule has 1 aromatic rings. The summed E-state index contributed by atoms with van der Waals surface area (Å²) < 4.78 is 5.44. The number of rotatable bonds is 7. The summed E-state index contributed by atoms with van der Waals surface area (Å²) >= 11 is 0. The average molecular weight is 401 g/mol. The molecule has 7 heteroatoms. The van der Waals surface area contributed by atoms with Gasteiger partial charge in [0.25, 0.3) is 0 Å². The standard InChI is InChI=1S/C22H32N4O3/c1-29-20-10-6-5-9-19(20)26-15-13-25(14-16-26)17-21(27)24-22(28)23-12-11-18-7-3-2-4-8-18/h5-7,9-10H,2-4,8,11-17H2,1H3,(H2,23,24,27,28). The number of hydrogen-bond acceptors (Lipinski definition) is 5. The first-order valence-corrected chi connectivity index (χ1v) is 10.5. The molecule has 1 saturated heterocycles. The number of carbonyl (C=O) groups is 2. The molecule has 0 aromatic heterocycles. The average Bonchev–Trinajstić information content (AvgIpc) is 2.75. The number of anilines is 1. The van der Waals surface area contributed by atoms with Crippen molar-refractivity contribution in [1.29, 1.82) is 0 Å². The number of para-hydroxylation sites is 2. The zero-order chi connectivity index (χ0) is 20.5. The van der Waals surface area contributed by atoms with Gasteiger partial charge in [-0.05, 0) is 44.2 Å². The number of amides is 3. The first-order chi connectivity index (χ1) is 14.2. The molecular weight excluding hydrogens is 368 g/mol. The van der Waals surface area contributed by atoms with E-state index in [0.29, 0.717) is 6.54 Å². The number of nitrogens with one attached hydrogen (secondary N) is 2. The van der Waals surface area contributed by atoms with Crippen molar-refractivity contribution in [2.45, 2.75) is 32.1 Å². The Morgan fingerprint density at radius 2 is 1.90 bits per heavy atom. The first kappa shape index (κ1) is 21.2. The fourth-order valence-corrected chi connectivity index (χ4v) is 3.92. The molecule has 1 aliphatic carbocycles. The van der Waals surface area contributed by atoms with Gasteiger partial charge in [-0.1, -0.05) is 23.8 Å². The highest BCUT2D eigenvalue weighted by atomic mass is 16.5. The minimum Gasteiger partial charge on any atom is -0.495 e. The lowest BCUT2D eigenvalue weighted by molar-refractivity contribution is -0.121. The molecule has 1 fully saturated rings. The van der Waals surface area contributed by atoms with E-state index in [1.165, 1.54) is 18.4 Å². The maximum atomic E-state index is 12.2. The molecule has 1 aromatic carbocycles. The molecule has 158 valence electrons. The minimum atomic E-state index is -0.404. The van der Waals surface area contributed by atoms with Crippen molar-refractivity contribution in [2.75, 3.05) is 51.3 Å². The van der Waals surface area contributed by atoms with Gasteiger partial charge in [0.1, 0.15) is 5.75 Å². The second kappa shape index (κ2) is 10.9. The van der Waals surface area contributed by atoms with Crippen LogP contribution in [0.25, 0.3) is 0 Å². The zero-order valence-electron chi connectivity index (χ0n) is 17.3. The Morgan fingerprint density at radius 3 is 2.62 bits per heavy atom. The predicted octanol–water partition coefficient (Wildman–Crippen LogP) is 2.53. The normalized spacial score (nSPS) is 17.4. The van der Waals surface area contributed by atoms with Crippen molar-refractivity contribution in [3.63, 3.8) is 0 Å². The van der Waals surface area contributed by atoms with E-state index in [1.54, 1.807) is 7.11 Å². The van der Waals surface area contributed by atoms with Gasteiger partial charge in [0, 0.05) is 32.7 Å². The van der Waals surface area contributed by atoms with Crippen LogP contribution in [0.15, 0.2) is 35.9 Å². The summed E-state index contributed by atoms with van der Waals surface area (Å²) in [6, 6.07) is 7.56. The summed E-state index contributed by atoms with van der Waals surface area (Å²) in [5, 5.41) is 5.23. The number of allylic oxidation sites excluding steroid dienone is 1. The molecule has 3 rings (SSSR count). The third kappa shape index (κ3) is 6.49. The minimum absolute atomic E-state index is 0.234. The number of piperazine rings is 1. The monoisotopic (exact) mass is 400 g/mol. The lowest BCUT2D eigenvalue weighted by Crippen LogP contribution is -2.51. The Balaban J connectivity index is 1.35. The van der Waals surface area contributed by atoms with Gasteiger partial charge in [0.05, 0.1) is 19.3 Å². The third-order valence-corrected chi connectivity index (χ3v) is 5.54. The fourth-order valence-electron chi connectivity index (χ4n) is 3.92. The molecule has 0 unspecified atom stereocenters. The van der Waals surface area contributed by atoms with Crippen LogP contribution in [0.1, 0.15) is 32.1 Å². The van der Waals surface area contributed by atoms with E-state index in [4.69, 9.17) is 4.74 Å². The van der Waals surface area contributed by atoms with Crippen LogP contribution in [0, 0.1) is 0 Å². The lowest BCUT2D eigenvalue weighted by Gasteiger charge is -2.36. The third-order valence-electron chi connectivity index (χ3n) is 5.54. The molecule has 0 bridgehead atoms. The van der Waals surface area contributed by atoms with Crippen LogP contribution in [-0.2, 0) is 4.79 Å². The van der Waals surface area contributed by atoms with Crippen LogP contribution >= 0.6 is 0 Å². The van der Waals surface area contributed by atoms with Gasteiger partial charge in [-0.15, -0.1) is 0 Å². The summed E-state index contributed by atoms with van der Waals surface area (Å²) in [5.41, 5.74) is 2.49. The molecule has 2 N–H and O–H groups in total. The Morgan fingerprint density at radius 1 is 1.10 bits per heavy atom. The number of urea groups is 1. The molecule has 3 amide bonds. The van der Waals surface area contributed by atoms with Gasteiger partial charge < -0.3 is 15.0 Å². The number of imide groups is 1. The smallest absolute Gasteiger partial charge is 0.321 e. The van der Waals surface area contributed by atoms with Crippen LogP contribution in [0.5, 0.6) is 5.75 Å². The van der Waals surface area contributed by atoms with E-state index in [-0.39, 0.29) is 12.5 Å². The Kier molecular flexibility index (Phi) is 7.93. The maximum absolute atomic E-state index is 12.2. The molecule has 7 nitrogen and oxygen atoms in total. The van der Waals surface area contributed by atoms with Gasteiger partial charge in [-0.25, -0.2) is 4.79 Å². The van der Waals surface area contributed by atoms with Crippen molar-refractivity contribution in [3.05, 3.63) is 35.9 Å². The van der Waals surface area contributed by atoms with E-state index in [9.17, 15) is 9.59 Å². The molecule has 1 heterocycles. The highest BCUT2D eigenvalue weighted by molar-refractivity contribution is 5.95. The van der Waals surface area contributed by atoms with E-state index in [2.05, 4.69) is 32.6 Å². The highest BCUT2D eigenvalue weighted by Crippen LogP contribution is 2.28. The summed E-state index contributed by atoms with van der Waals surface area (Å²) in [7, 11) is 1.68. The van der Waals surface area contributed by atoms with E-state index in [0.717, 1.165) is 56.9 Å². The Bertz CT molecular complexity index is 727. The van der Waals surface area contributed by atoms with E-state index < -0.39 is 6.03 Å².